The number of ether oxygens (including phenoxy) is 2. The van der Waals surface area contributed by atoms with E-state index >= 15 is 0 Å². The fourth-order valence-corrected chi connectivity index (χ4v) is 3.78. The molecule has 0 spiro atoms. The molecule has 2 aliphatic rings. The molecule has 0 aromatic heterocycles. The van der Waals surface area contributed by atoms with Crippen LogP contribution in [0.15, 0.2) is 23.1 Å². The van der Waals surface area contributed by atoms with Gasteiger partial charge in [0, 0.05) is 38.5 Å². The molecule has 1 fully saturated rings. The van der Waals surface area contributed by atoms with Crippen LogP contribution in [0.1, 0.15) is 12.8 Å². The topological polar surface area (TPSA) is 84.9 Å². The molecule has 1 unspecified atom stereocenters. The smallest absolute Gasteiger partial charge is 0.241 e. The number of fused-ring (bicyclic) bond motifs is 1. The number of carbonyl (C=O) groups excluding carboxylic acids is 1. The first-order valence-electron chi connectivity index (χ1n) is 7.12. The third-order valence-corrected chi connectivity index (χ3v) is 5.21. The Balaban J connectivity index is 1.80. The van der Waals surface area contributed by atoms with Crippen LogP contribution in [0, 0.1) is 0 Å². The van der Waals surface area contributed by atoms with Gasteiger partial charge in [0.2, 0.25) is 15.9 Å². The number of sulfonamides is 1. The van der Waals surface area contributed by atoms with Crippen LogP contribution in [0.5, 0.6) is 11.5 Å². The minimum absolute atomic E-state index is 0.0636. The van der Waals surface area contributed by atoms with E-state index in [2.05, 4.69) is 4.72 Å². The van der Waals surface area contributed by atoms with Gasteiger partial charge in [0.05, 0.1) is 18.1 Å². The lowest BCUT2D eigenvalue weighted by atomic mass is 10.3. The largest absolute Gasteiger partial charge is 0.490 e. The van der Waals surface area contributed by atoms with Crippen LogP contribution in [0.2, 0.25) is 0 Å². The van der Waals surface area contributed by atoms with Crippen LogP contribution in [0.25, 0.3) is 0 Å². The van der Waals surface area contributed by atoms with Crippen LogP contribution < -0.4 is 14.2 Å². The first kappa shape index (κ1) is 15.1. The quantitative estimate of drug-likeness (QED) is 0.867. The number of nitrogens with zero attached hydrogens (tertiary/aromatic N) is 1. The molecule has 1 N–H and O–H groups in total. The Labute approximate surface area is 129 Å². The Morgan fingerprint density at radius 1 is 1.23 bits per heavy atom. The highest BCUT2D eigenvalue weighted by atomic mass is 32.2. The molecule has 1 saturated heterocycles. The molecule has 0 bridgehead atoms. The van der Waals surface area contributed by atoms with Crippen molar-refractivity contribution in [2.75, 3.05) is 26.8 Å². The maximum Gasteiger partial charge on any atom is 0.241 e. The van der Waals surface area contributed by atoms with Gasteiger partial charge in [-0.15, -0.1) is 0 Å². The molecule has 1 atom stereocenters. The maximum atomic E-state index is 12.4. The minimum Gasteiger partial charge on any atom is -0.490 e. The molecule has 1 aromatic rings. The molecule has 7 nitrogen and oxygen atoms in total. The van der Waals surface area contributed by atoms with Crippen LogP contribution in [-0.2, 0) is 14.8 Å². The lowest BCUT2D eigenvalue weighted by molar-refractivity contribution is -0.126. The van der Waals surface area contributed by atoms with E-state index in [-0.39, 0.29) is 17.2 Å². The Bertz CT molecular complexity index is 688. The maximum absolute atomic E-state index is 12.4. The summed E-state index contributed by atoms with van der Waals surface area (Å²) in [5.41, 5.74) is 0. The third kappa shape index (κ3) is 3.02. The van der Waals surface area contributed by atoms with Crippen LogP contribution in [0.3, 0.4) is 0 Å². The summed E-state index contributed by atoms with van der Waals surface area (Å²) in [4.78, 5) is 13.1. The zero-order valence-corrected chi connectivity index (χ0v) is 13.1. The molecule has 3 rings (SSSR count). The van der Waals surface area contributed by atoms with Crippen LogP contribution in [0.4, 0.5) is 0 Å². The van der Waals surface area contributed by atoms with Crippen molar-refractivity contribution in [2.24, 2.45) is 0 Å². The SMILES string of the molecule is CN1CC(NS(=O)(=O)c2ccc3c(c2)OCCCO3)CC1=O. The average molecular weight is 326 g/mol. The van der Waals surface area contributed by atoms with Crippen molar-refractivity contribution in [3.05, 3.63) is 18.2 Å². The Kier molecular flexibility index (Phi) is 3.96. The van der Waals surface area contributed by atoms with E-state index in [0.29, 0.717) is 31.3 Å². The molecule has 1 aromatic carbocycles. The second-order valence-corrected chi connectivity index (χ2v) is 7.17. The first-order valence-corrected chi connectivity index (χ1v) is 8.60. The van der Waals surface area contributed by atoms with Gasteiger partial charge in [-0.2, -0.15) is 0 Å². The Morgan fingerprint density at radius 3 is 2.64 bits per heavy atom. The summed E-state index contributed by atoms with van der Waals surface area (Å²) in [6.07, 6.45) is 0.936. The van der Waals surface area contributed by atoms with Crippen molar-refractivity contribution >= 4 is 15.9 Å². The third-order valence-electron chi connectivity index (χ3n) is 3.69. The summed E-state index contributed by atoms with van der Waals surface area (Å²) in [6, 6.07) is 4.14. The molecular weight excluding hydrogens is 308 g/mol. The number of hydrogen-bond donors (Lipinski definition) is 1. The highest BCUT2D eigenvalue weighted by Gasteiger charge is 2.31. The number of likely N-dealkylation sites (N-methyl/N-ethyl adjacent to an activating group) is 1. The summed E-state index contributed by atoms with van der Waals surface area (Å²) in [5, 5.41) is 0. The molecule has 0 aliphatic carbocycles. The van der Waals surface area contributed by atoms with Gasteiger partial charge in [-0.05, 0) is 12.1 Å². The summed E-state index contributed by atoms with van der Waals surface area (Å²) >= 11 is 0. The molecule has 1 amide bonds. The Hall–Kier alpha value is -1.80. The van der Waals surface area contributed by atoms with E-state index in [9.17, 15) is 13.2 Å². The number of rotatable bonds is 3. The zero-order chi connectivity index (χ0) is 15.7. The molecule has 8 heteroatoms. The van der Waals surface area contributed by atoms with Gasteiger partial charge in [-0.25, -0.2) is 13.1 Å². The van der Waals surface area contributed by atoms with E-state index in [1.54, 1.807) is 13.1 Å². The van der Waals surface area contributed by atoms with E-state index in [1.165, 1.54) is 17.0 Å². The summed E-state index contributed by atoms with van der Waals surface area (Å²) in [7, 11) is -2.04. The fraction of sp³-hybridized carbons (Fsp3) is 0.500. The highest BCUT2D eigenvalue weighted by molar-refractivity contribution is 7.89. The monoisotopic (exact) mass is 326 g/mol. The minimum atomic E-state index is -3.70. The summed E-state index contributed by atoms with van der Waals surface area (Å²) in [5.74, 6) is 0.915. The molecule has 2 heterocycles. The normalized spacial score (nSPS) is 21.8. The standard InChI is InChI=1S/C14H18N2O5S/c1-16-9-10(7-14(16)17)15-22(18,19)11-3-4-12-13(8-11)21-6-2-5-20-12/h3-4,8,10,15H,2,5-7,9H2,1H3. The fourth-order valence-electron chi connectivity index (χ4n) is 2.54. The molecule has 22 heavy (non-hydrogen) atoms. The van der Waals surface area contributed by atoms with Crippen molar-refractivity contribution in [3.63, 3.8) is 0 Å². The summed E-state index contributed by atoms with van der Waals surface area (Å²) in [6.45, 7) is 1.42. The van der Waals surface area contributed by atoms with E-state index in [1.807, 2.05) is 0 Å². The van der Waals surface area contributed by atoms with Gasteiger partial charge in [0.1, 0.15) is 0 Å². The average Bonchev–Trinajstić information content (AvgIpc) is 2.67. The van der Waals surface area contributed by atoms with Gasteiger partial charge in [0.25, 0.3) is 0 Å². The van der Waals surface area contributed by atoms with Crippen molar-refractivity contribution < 1.29 is 22.7 Å². The van der Waals surface area contributed by atoms with Crippen molar-refractivity contribution in [2.45, 2.75) is 23.8 Å². The second kappa shape index (κ2) is 5.77. The van der Waals surface area contributed by atoms with Gasteiger partial charge in [0.15, 0.2) is 11.5 Å². The predicted octanol–water partition coefficient (Wildman–Crippen LogP) is 0.357. The number of likely N-dealkylation sites (tertiary alicyclic amines) is 1. The molecule has 2 aliphatic heterocycles. The Morgan fingerprint density at radius 2 is 1.95 bits per heavy atom. The van der Waals surface area contributed by atoms with Gasteiger partial charge < -0.3 is 14.4 Å². The van der Waals surface area contributed by atoms with E-state index in [4.69, 9.17) is 9.47 Å². The van der Waals surface area contributed by atoms with Crippen LogP contribution in [-0.4, -0.2) is 52.1 Å². The van der Waals surface area contributed by atoms with E-state index < -0.39 is 16.1 Å². The van der Waals surface area contributed by atoms with Gasteiger partial charge in [-0.3, -0.25) is 4.79 Å². The number of carbonyl (C=O) groups is 1. The number of amides is 1. The molecular formula is C14H18N2O5S. The highest BCUT2D eigenvalue weighted by Crippen LogP contribution is 2.32. The van der Waals surface area contributed by atoms with Crippen molar-refractivity contribution in [1.82, 2.24) is 9.62 Å². The molecule has 120 valence electrons. The van der Waals surface area contributed by atoms with Crippen molar-refractivity contribution in [1.29, 1.82) is 0 Å². The summed E-state index contributed by atoms with van der Waals surface area (Å²) < 4.78 is 38.4. The number of nitrogens with one attached hydrogen (secondary N) is 1. The number of hydrogen-bond acceptors (Lipinski definition) is 5. The number of benzene rings is 1. The molecule has 0 radical (unpaired) electrons. The lowest BCUT2D eigenvalue weighted by Crippen LogP contribution is -2.36. The second-order valence-electron chi connectivity index (χ2n) is 5.46. The van der Waals surface area contributed by atoms with Gasteiger partial charge in [-0.1, -0.05) is 0 Å². The first-order chi connectivity index (χ1) is 10.5. The van der Waals surface area contributed by atoms with Crippen molar-refractivity contribution in [3.8, 4) is 11.5 Å². The molecule has 0 saturated carbocycles. The lowest BCUT2D eigenvalue weighted by Gasteiger charge is -2.14. The van der Waals surface area contributed by atoms with Gasteiger partial charge >= 0.3 is 0 Å². The van der Waals surface area contributed by atoms with Crippen LogP contribution >= 0.6 is 0 Å². The zero-order valence-electron chi connectivity index (χ0n) is 12.2. The van der Waals surface area contributed by atoms with E-state index in [0.717, 1.165) is 6.42 Å². The predicted molar refractivity (Wildman–Crippen MR) is 78.4 cm³/mol.